The Morgan fingerprint density at radius 1 is 0.963 bits per heavy atom. The molecule has 3 rings (SSSR count). The number of aryl methyl sites for hydroxylation is 2. The van der Waals surface area contributed by atoms with Crippen LogP contribution in [0.25, 0.3) is 0 Å². The third kappa shape index (κ3) is 4.97. The van der Waals surface area contributed by atoms with E-state index in [0.717, 1.165) is 36.5 Å². The summed E-state index contributed by atoms with van der Waals surface area (Å²) in [7, 11) is 2.00. The quantitative estimate of drug-likeness (QED) is 0.649. The Balaban J connectivity index is 1.69. The smallest absolute Gasteiger partial charge is 0.229 e. The highest BCUT2D eigenvalue weighted by atomic mass is 15.3. The van der Waals surface area contributed by atoms with Crippen LogP contribution in [0.15, 0.2) is 54.6 Å². The molecule has 0 fully saturated rings. The van der Waals surface area contributed by atoms with Gasteiger partial charge >= 0.3 is 0 Å². The van der Waals surface area contributed by atoms with E-state index in [-0.39, 0.29) is 0 Å². The number of hydrogen-bond donors (Lipinski definition) is 2. The second kappa shape index (κ2) is 8.54. The fourth-order valence-corrected chi connectivity index (χ4v) is 2.85. The zero-order chi connectivity index (χ0) is 19.2. The monoisotopic (exact) mass is 361 g/mol. The molecule has 27 heavy (non-hydrogen) atoms. The summed E-state index contributed by atoms with van der Waals surface area (Å²) < 4.78 is 0. The molecule has 0 aliphatic rings. The van der Waals surface area contributed by atoms with Gasteiger partial charge in [-0.3, -0.25) is 0 Å². The van der Waals surface area contributed by atoms with Crippen LogP contribution in [0.4, 0.5) is 23.3 Å². The van der Waals surface area contributed by atoms with Gasteiger partial charge in [0.1, 0.15) is 11.6 Å². The number of nitrogens with one attached hydrogen (secondary N) is 1. The minimum Gasteiger partial charge on any atom is -0.383 e. The van der Waals surface area contributed by atoms with Crippen LogP contribution < -0.4 is 16.0 Å². The predicted octanol–water partition coefficient (Wildman–Crippen LogP) is 4.49. The molecule has 0 atom stereocenters. The van der Waals surface area contributed by atoms with Crippen molar-refractivity contribution in [3.05, 3.63) is 71.3 Å². The van der Waals surface area contributed by atoms with Crippen LogP contribution in [-0.4, -0.2) is 23.6 Å². The third-order valence-corrected chi connectivity index (χ3v) is 4.63. The molecule has 0 aliphatic heterocycles. The number of nitrogens with zero attached hydrogens (tertiary/aromatic N) is 3. The van der Waals surface area contributed by atoms with E-state index >= 15 is 0 Å². The Bertz CT molecular complexity index is 875. The SMILES string of the molecule is Cc1ccc(Nc2nc(N(C)CCCc3ccccc3)nc(N)c2C)cc1. The first-order valence-electron chi connectivity index (χ1n) is 9.26. The molecule has 0 saturated carbocycles. The number of aromatic nitrogens is 2. The molecular formula is C22H27N5. The van der Waals surface area contributed by atoms with Gasteiger partial charge in [0.25, 0.3) is 0 Å². The molecule has 5 nitrogen and oxygen atoms in total. The first-order valence-corrected chi connectivity index (χ1v) is 9.26. The van der Waals surface area contributed by atoms with Crippen molar-refractivity contribution in [1.29, 1.82) is 0 Å². The lowest BCUT2D eigenvalue weighted by molar-refractivity contribution is 0.766. The molecule has 0 amide bonds. The number of hydrogen-bond acceptors (Lipinski definition) is 5. The molecule has 0 spiro atoms. The van der Waals surface area contributed by atoms with Gasteiger partial charge in [0.2, 0.25) is 5.95 Å². The standard InChI is InChI=1S/C22H27N5/c1-16-11-13-19(14-12-16)24-21-17(2)20(23)25-22(26-21)27(3)15-7-10-18-8-5-4-6-9-18/h4-6,8-9,11-14H,7,10,15H2,1-3H3,(H3,23,24,25,26). The van der Waals surface area contributed by atoms with Crippen LogP contribution in [0.5, 0.6) is 0 Å². The normalized spacial score (nSPS) is 10.6. The van der Waals surface area contributed by atoms with Gasteiger partial charge < -0.3 is 16.0 Å². The van der Waals surface area contributed by atoms with Gasteiger partial charge in [-0.1, -0.05) is 48.0 Å². The zero-order valence-electron chi connectivity index (χ0n) is 16.2. The largest absolute Gasteiger partial charge is 0.383 e. The molecule has 1 heterocycles. The van der Waals surface area contributed by atoms with E-state index in [1.807, 2.05) is 32.2 Å². The van der Waals surface area contributed by atoms with E-state index in [9.17, 15) is 0 Å². The number of nitrogens with two attached hydrogens (primary N) is 1. The molecule has 2 aromatic carbocycles. The molecule has 3 aromatic rings. The van der Waals surface area contributed by atoms with E-state index in [1.165, 1.54) is 11.1 Å². The Morgan fingerprint density at radius 3 is 2.37 bits per heavy atom. The number of nitrogen functional groups attached to an aromatic ring is 1. The molecule has 1 aromatic heterocycles. The highest BCUT2D eigenvalue weighted by Crippen LogP contribution is 2.24. The second-order valence-corrected chi connectivity index (χ2v) is 6.88. The predicted molar refractivity (Wildman–Crippen MR) is 114 cm³/mol. The van der Waals surface area contributed by atoms with Crippen molar-refractivity contribution >= 4 is 23.3 Å². The van der Waals surface area contributed by atoms with Gasteiger partial charge in [0.05, 0.1) is 0 Å². The van der Waals surface area contributed by atoms with Crippen LogP contribution in [-0.2, 0) is 6.42 Å². The molecule has 3 N–H and O–H groups in total. The van der Waals surface area contributed by atoms with Crippen LogP contribution in [0.3, 0.4) is 0 Å². The fourth-order valence-electron chi connectivity index (χ4n) is 2.85. The van der Waals surface area contributed by atoms with Crippen molar-refractivity contribution in [2.45, 2.75) is 26.7 Å². The third-order valence-electron chi connectivity index (χ3n) is 4.63. The van der Waals surface area contributed by atoms with Gasteiger partial charge in [0.15, 0.2) is 0 Å². The summed E-state index contributed by atoms with van der Waals surface area (Å²) in [4.78, 5) is 11.2. The number of rotatable bonds is 7. The Hall–Kier alpha value is -3.08. The molecule has 140 valence electrons. The minimum atomic E-state index is 0.504. The summed E-state index contributed by atoms with van der Waals surface area (Å²) >= 11 is 0. The fraction of sp³-hybridized carbons (Fsp3) is 0.273. The summed E-state index contributed by atoms with van der Waals surface area (Å²) in [5.74, 6) is 1.89. The van der Waals surface area contributed by atoms with Gasteiger partial charge in [0, 0.05) is 24.8 Å². The van der Waals surface area contributed by atoms with Crippen LogP contribution in [0.1, 0.15) is 23.1 Å². The van der Waals surface area contributed by atoms with E-state index < -0.39 is 0 Å². The van der Waals surface area contributed by atoms with Gasteiger partial charge in [-0.25, -0.2) is 0 Å². The van der Waals surface area contributed by atoms with E-state index in [0.29, 0.717) is 11.8 Å². The number of anilines is 4. The number of benzene rings is 2. The van der Waals surface area contributed by atoms with Crippen molar-refractivity contribution < 1.29 is 0 Å². The highest BCUT2D eigenvalue weighted by molar-refractivity contribution is 5.65. The summed E-state index contributed by atoms with van der Waals surface area (Å²) in [6, 6.07) is 18.7. The van der Waals surface area contributed by atoms with Gasteiger partial charge in [-0.15, -0.1) is 0 Å². The zero-order valence-corrected chi connectivity index (χ0v) is 16.2. The maximum atomic E-state index is 6.14. The highest BCUT2D eigenvalue weighted by Gasteiger charge is 2.12. The minimum absolute atomic E-state index is 0.504. The lowest BCUT2D eigenvalue weighted by Crippen LogP contribution is -2.22. The van der Waals surface area contributed by atoms with E-state index in [4.69, 9.17) is 10.7 Å². The van der Waals surface area contributed by atoms with Crippen molar-refractivity contribution in [2.75, 3.05) is 29.5 Å². The maximum Gasteiger partial charge on any atom is 0.229 e. The second-order valence-electron chi connectivity index (χ2n) is 6.88. The Morgan fingerprint density at radius 2 is 1.67 bits per heavy atom. The van der Waals surface area contributed by atoms with Crippen LogP contribution in [0.2, 0.25) is 0 Å². The topological polar surface area (TPSA) is 67.1 Å². The lowest BCUT2D eigenvalue weighted by Gasteiger charge is -2.20. The van der Waals surface area contributed by atoms with Gasteiger partial charge in [-0.2, -0.15) is 9.97 Å². The van der Waals surface area contributed by atoms with E-state index in [1.54, 1.807) is 0 Å². The van der Waals surface area contributed by atoms with Gasteiger partial charge in [-0.05, 0) is 44.4 Å². The van der Waals surface area contributed by atoms with Crippen molar-refractivity contribution in [2.24, 2.45) is 0 Å². The Kier molecular flexibility index (Phi) is 5.91. The molecule has 0 aliphatic carbocycles. The maximum absolute atomic E-state index is 6.14. The van der Waals surface area contributed by atoms with Crippen LogP contribution in [0, 0.1) is 13.8 Å². The average molecular weight is 361 g/mol. The molecule has 5 heteroatoms. The van der Waals surface area contributed by atoms with Crippen molar-refractivity contribution in [3.8, 4) is 0 Å². The summed E-state index contributed by atoms with van der Waals surface area (Å²) in [6.07, 6.45) is 2.05. The molecular weight excluding hydrogens is 334 g/mol. The van der Waals surface area contributed by atoms with Crippen LogP contribution >= 0.6 is 0 Å². The molecule has 0 radical (unpaired) electrons. The summed E-state index contributed by atoms with van der Waals surface area (Å²) in [5.41, 5.74) is 10.5. The molecule has 0 unspecified atom stereocenters. The first-order chi connectivity index (χ1) is 13.0. The summed E-state index contributed by atoms with van der Waals surface area (Å²) in [6.45, 7) is 4.87. The molecule has 0 saturated heterocycles. The molecule has 0 bridgehead atoms. The average Bonchev–Trinajstić information content (AvgIpc) is 2.67. The lowest BCUT2D eigenvalue weighted by atomic mass is 10.1. The summed E-state index contributed by atoms with van der Waals surface area (Å²) in [5, 5.41) is 3.36. The van der Waals surface area contributed by atoms with E-state index in [2.05, 4.69) is 58.5 Å². The first kappa shape index (κ1) is 18.7. The Labute approximate surface area is 161 Å². The van der Waals surface area contributed by atoms with Crippen molar-refractivity contribution in [1.82, 2.24) is 9.97 Å². The van der Waals surface area contributed by atoms with Crippen molar-refractivity contribution in [3.63, 3.8) is 0 Å².